The van der Waals surface area contributed by atoms with Gasteiger partial charge in [-0.05, 0) is 194 Å². The fourth-order valence-electron chi connectivity index (χ4n) is 16.0. The highest BCUT2D eigenvalue weighted by Gasteiger charge is 2.45. The first-order valence-corrected chi connectivity index (χ1v) is 33.9. The van der Waals surface area contributed by atoms with Crippen molar-refractivity contribution in [2.75, 3.05) is 9.80 Å². The summed E-state index contributed by atoms with van der Waals surface area (Å²) in [5.41, 5.74) is 32.5. The Morgan fingerprint density at radius 1 is 0.301 bits per heavy atom. The van der Waals surface area contributed by atoms with E-state index in [4.69, 9.17) is 0 Å². The summed E-state index contributed by atoms with van der Waals surface area (Å²) in [5.74, 6) is 0. The maximum Gasteiger partial charge on any atom is 0.252 e. The number of fused-ring (bicyclic) bond motifs is 8. The molecule has 0 bridgehead atoms. The summed E-state index contributed by atoms with van der Waals surface area (Å²) in [5, 5.41) is 2.47. The Morgan fingerprint density at radius 3 is 1.10 bits per heavy atom. The second kappa shape index (κ2) is 21.2. The number of benzene rings is 11. The summed E-state index contributed by atoms with van der Waals surface area (Å²) in [6, 6.07) is 89.8. The number of anilines is 6. The number of aromatic nitrogens is 1. The van der Waals surface area contributed by atoms with Gasteiger partial charge in [-0.2, -0.15) is 0 Å². The van der Waals surface area contributed by atoms with E-state index in [1.807, 2.05) is 0 Å². The van der Waals surface area contributed by atoms with E-state index in [1.54, 1.807) is 0 Å². The molecule has 1 aromatic heterocycles. The van der Waals surface area contributed by atoms with E-state index >= 15 is 0 Å². The number of para-hydroxylation sites is 2. The van der Waals surface area contributed by atoms with Gasteiger partial charge in [0.15, 0.2) is 0 Å². The molecular formula is C89H88BN3. The van der Waals surface area contributed by atoms with Crippen molar-refractivity contribution in [2.45, 2.75) is 150 Å². The second-order valence-corrected chi connectivity index (χ2v) is 32.7. The van der Waals surface area contributed by atoms with Crippen LogP contribution in [-0.4, -0.2) is 11.3 Å². The minimum Gasteiger partial charge on any atom is -0.311 e. The van der Waals surface area contributed by atoms with Gasteiger partial charge >= 0.3 is 0 Å². The highest BCUT2D eigenvalue weighted by atomic mass is 15.2. The number of rotatable bonds is 7. The Morgan fingerprint density at radius 2 is 0.667 bits per heavy atom. The van der Waals surface area contributed by atoms with E-state index in [1.165, 1.54) is 133 Å². The van der Waals surface area contributed by atoms with Crippen LogP contribution in [0.25, 0.3) is 72.0 Å². The van der Waals surface area contributed by atoms with Gasteiger partial charge in [0, 0.05) is 44.9 Å². The van der Waals surface area contributed by atoms with Crippen LogP contribution in [0.2, 0.25) is 0 Å². The summed E-state index contributed by atoms with van der Waals surface area (Å²) in [6.07, 6.45) is 1.14. The SMILES string of the molecule is CC(C)(C)c1ccc(-c2ccc3c(c2)N(c2ccc(-c4cc(C(C)(C)C)cc(C(C)(C)C)c4)cc2)c2cc(-n4c5ccccc5c5ccccc54)cc4c2B3c2ccc(-c3ccc(C(C)(C)C)cc3)cc2N4c2ccc(-c3ccc4c(c3)C(C)(C)CC4(C)C)cc2)cc1. The summed E-state index contributed by atoms with van der Waals surface area (Å²) < 4.78 is 2.52. The van der Waals surface area contributed by atoms with Crippen molar-refractivity contribution in [3.05, 3.63) is 264 Å². The van der Waals surface area contributed by atoms with Crippen LogP contribution in [0.15, 0.2) is 231 Å². The van der Waals surface area contributed by atoms with E-state index in [9.17, 15) is 0 Å². The molecule has 0 radical (unpaired) electrons. The molecule has 15 rings (SSSR count). The lowest BCUT2D eigenvalue weighted by atomic mass is 9.33. The van der Waals surface area contributed by atoms with Crippen LogP contribution in [-0.2, 0) is 32.5 Å². The molecule has 0 fully saturated rings. The molecule has 0 N–H and O–H groups in total. The van der Waals surface area contributed by atoms with Crippen molar-refractivity contribution in [2.24, 2.45) is 0 Å². The van der Waals surface area contributed by atoms with Crippen LogP contribution >= 0.6 is 0 Å². The standard InChI is InChI=1S/C89H88BN3/c1-84(2,3)64-36-25-56(26-37-64)61-34-45-75-79(50-61)91(68-40-29-58(30-41-68)60-33-44-73-74(49-60)89(15,16)55-88(73,13)14)81-53-70(93-77-23-19-17-21-71(77)72-22-18-20-24-78(72)93)54-82-83(81)90(75)76-46-35-62(57-27-38-65(39-28-57)85(4,5)6)51-80(76)92(82)69-42-31-59(32-43-69)63-47-66(86(7,8)9)52-67(48-63)87(10,11)12/h17-54H,55H2,1-16H3. The molecule has 0 unspecified atom stereocenters. The van der Waals surface area contributed by atoms with Crippen molar-refractivity contribution in [1.82, 2.24) is 4.57 Å². The molecule has 93 heavy (non-hydrogen) atoms. The topological polar surface area (TPSA) is 11.4 Å². The average Bonchev–Trinajstić information content (AvgIpc) is 0.989. The quantitative estimate of drug-likeness (QED) is 0.147. The van der Waals surface area contributed by atoms with Gasteiger partial charge in [-0.15, -0.1) is 0 Å². The highest BCUT2D eigenvalue weighted by molar-refractivity contribution is 7.00. The molecular weight excluding hydrogens is 1120 g/mol. The fraction of sp³-hybridized carbons (Fsp3) is 0.258. The van der Waals surface area contributed by atoms with Crippen molar-refractivity contribution in [1.29, 1.82) is 0 Å². The van der Waals surface area contributed by atoms with Gasteiger partial charge in [-0.1, -0.05) is 281 Å². The molecule has 0 amide bonds. The lowest BCUT2D eigenvalue weighted by Crippen LogP contribution is -2.61. The maximum atomic E-state index is 2.61. The van der Waals surface area contributed by atoms with E-state index in [2.05, 4.69) is 356 Å². The van der Waals surface area contributed by atoms with Gasteiger partial charge in [0.25, 0.3) is 6.71 Å². The van der Waals surface area contributed by atoms with Crippen LogP contribution < -0.4 is 26.2 Å². The smallest absolute Gasteiger partial charge is 0.252 e. The molecule has 3 nitrogen and oxygen atoms in total. The van der Waals surface area contributed by atoms with Crippen molar-refractivity contribution in [3.63, 3.8) is 0 Å². The Bertz CT molecular complexity index is 4860. The van der Waals surface area contributed by atoms with Gasteiger partial charge in [-0.25, -0.2) is 0 Å². The van der Waals surface area contributed by atoms with Crippen LogP contribution in [0, 0.1) is 0 Å². The lowest BCUT2D eigenvalue weighted by molar-refractivity contribution is 0.403. The van der Waals surface area contributed by atoms with E-state index < -0.39 is 0 Å². The normalized spacial score (nSPS) is 14.9. The van der Waals surface area contributed by atoms with Crippen LogP contribution in [0.5, 0.6) is 0 Å². The van der Waals surface area contributed by atoms with Crippen molar-refractivity contribution >= 4 is 79.0 Å². The number of nitrogens with zero attached hydrogens (tertiary/aromatic N) is 3. The Hall–Kier alpha value is -9.12. The number of hydrogen-bond acceptors (Lipinski definition) is 2. The summed E-state index contributed by atoms with van der Waals surface area (Å²) in [6.45, 7) is 37.3. The Balaban J connectivity index is 1.01. The van der Waals surface area contributed by atoms with Gasteiger partial charge in [0.05, 0.1) is 16.7 Å². The van der Waals surface area contributed by atoms with Crippen molar-refractivity contribution in [3.8, 4) is 50.2 Å². The first-order chi connectivity index (χ1) is 44.1. The monoisotopic (exact) mass is 1210 g/mol. The molecule has 0 spiro atoms. The number of hydrogen-bond donors (Lipinski definition) is 0. The van der Waals surface area contributed by atoms with E-state index in [0.717, 1.165) is 29.2 Å². The molecule has 0 saturated carbocycles. The Kier molecular flexibility index (Phi) is 13.7. The zero-order chi connectivity index (χ0) is 65.1. The molecule has 0 saturated heterocycles. The minimum absolute atomic E-state index is 0.0138. The molecule has 11 aromatic carbocycles. The highest BCUT2D eigenvalue weighted by Crippen LogP contribution is 2.52. The third-order valence-electron chi connectivity index (χ3n) is 21.0. The van der Waals surface area contributed by atoms with Crippen LogP contribution in [0.4, 0.5) is 34.1 Å². The molecule has 462 valence electrons. The second-order valence-electron chi connectivity index (χ2n) is 32.7. The van der Waals surface area contributed by atoms with Gasteiger partial charge in [-0.3, -0.25) is 0 Å². The fourth-order valence-corrected chi connectivity index (χ4v) is 16.0. The third kappa shape index (κ3) is 10.3. The van der Waals surface area contributed by atoms with Gasteiger partial charge in [0.2, 0.25) is 0 Å². The summed E-state index contributed by atoms with van der Waals surface area (Å²) in [4.78, 5) is 5.22. The summed E-state index contributed by atoms with van der Waals surface area (Å²) in [7, 11) is 0. The zero-order valence-electron chi connectivity index (χ0n) is 57.6. The molecule has 2 aliphatic heterocycles. The van der Waals surface area contributed by atoms with E-state index in [0.29, 0.717) is 0 Å². The first-order valence-electron chi connectivity index (χ1n) is 33.9. The molecule has 3 heterocycles. The molecule has 12 aromatic rings. The molecule has 1 aliphatic carbocycles. The molecule has 3 aliphatic rings. The molecule has 4 heteroatoms. The Labute approximate surface area is 553 Å². The predicted molar refractivity (Wildman–Crippen MR) is 402 cm³/mol. The zero-order valence-corrected chi connectivity index (χ0v) is 57.6. The van der Waals surface area contributed by atoms with E-state index in [-0.39, 0.29) is 39.2 Å². The van der Waals surface area contributed by atoms with Gasteiger partial charge in [0.1, 0.15) is 0 Å². The van der Waals surface area contributed by atoms with Gasteiger partial charge < -0.3 is 14.4 Å². The summed E-state index contributed by atoms with van der Waals surface area (Å²) >= 11 is 0. The predicted octanol–water partition coefficient (Wildman–Crippen LogP) is 22.7. The van der Waals surface area contributed by atoms with Crippen LogP contribution in [0.1, 0.15) is 151 Å². The third-order valence-corrected chi connectivity index (χ3v) is 21.0. The minimum atomic E-state index is -0.108. The van der Waals surface area contributed by atoms with Crippen LogP contribution in [0.3, 0.4) is 0 Å². The average molecular weight is 1210 g/mol. The first kappa shape index (κ1) is 60.1. The largest absolute Gasteiger partial charge is 0.311 e. The molecule has 0 atom stereocenters. The lowest BCUT2D eigenvalue weighted by Gasteiger charge is -2.44. The van der Waals surface area contributed by atoms with Crippen molar-refractivity contribution < 1.29 is 0 Å². The maximum absolute atomic E-state index is 2.61.